The van der Waals surface area contributed by atoms with Gasteiger partial charge in [0.1, 0.15) is 5.69 Å². The SMILES string of the molecule is Cn1cncc1C(=O)N1C[C@H]2CCC[C@@]2(c2nc(CC3CC3)no2)C1. The largest absolute Gasteiger partial charge is 0.339 e. The highest BCUT2D eigenvalue weighted by molar-refractivity contribution is 5.92. The summed E-state index contributed by atoms with van der Waals surface area (Å²) in [6.45, 7) is 1.44. The van der Waals surface area contributed by atoms with E-state index in [1.54, 1.807) is 17.1 Å². The minimum absolute atomic E-state index is 0.0477. The van der Waals surface area contributed by atoms with Crippen molar-refractivity contribution in [1.82, 2.24) is 24.6 Å². The molecule has 0 aromatic carbocycles. The van der Waals surface area contributed by atoms with Gasteiger partial charge in [-0.15, -0.1) is 0 Å². The molecule has 2 aromatic heterocycles. The zero-order chi connectivity index (χ0) is 17.0. The van der Waals surface area contributed by atoms with Crippen molar-refractivity contribution < 1.29 is 9.32 Å². The Hall–Kier alpha value is -2.18. The van der Waals surface area contributed by atoms with Gasteiger partial charge < -0.3 is 14.0 Å². The van der Waals surface area contributed by atoms with Crippen LogP contribution in [-0.2, 0) is 18.9 Å². The number of imidazole rings is 1. The number of aromatic nitrogens is 4. The third kappa shape index (κ3) is 2.40. The number of aryl methyl sites for hydroxylation is 1. The number of carbonyl (C=O) groups excluding carboxylic acids is 1. The first kappa shape index (κ1) is 15.1. The molecule has 3 heterocycles. The third-order valence-corrected chi connectivity index (χ3v) is 6.26. The van der Waals surface area contributed by atoms with Crippen molar-refractivity contribution in [1.29, 1.82) is 0 Å². The second-order valence-corrected chi connectivity index (χ2v) is 7.98. The first-order chi connectivity index (χ1) is 12.2. The van der Waals surface area contributed by atoms with Crippen LogP contribution in [-0.4, -0.2) is 43.6 Å². The van der Waals surface area contributed by atoms with Gasteiger partial charge in [-0.05, 0) is 37.5 Å². The number of carbonyl (C=O) groups is 1. The Kier molecular flexibility index (Phi) is 3.27. The van der Waals surface area contributed by atoms with Gasteiger partial charge in [-0.1, -0.05) is 11.6 Å². The van der Waals surface area contributed by atoms with Crippen molar-refractivity contribution in [3.8, 4) is 0 Å². The number of likely N-dealkylation sites (tertiary alicyclic amines) is 1. The van der Waals surface area contributed by atoms with Crippen LogP contribution in [0.5, 0.6) is 0 Å². The van der Waals surface area contributed by atoms with Gasteiger partial charge in [0.15, 0.2) is 5.82 Å². The molecule has 0 bridgehead atoms. The maximum absolute atomic E-state index is 12.9. The summed E-state index contributed by atoms with van der Waals surface area (Å²) in [6, 6.07) is 0. The number of amides is 1. The van der Waals surface area contributed by atoms with E-state index in [1.165, 1.54) is 19.3 Å². The molecule has 0 spiro atoms. The van der Waals surface area contributed by atoms with Gasteiger partial charge in [0.25, 0.3) is 5.91 Å². The Morgan fingerprint density at radius 3 is 3.04 bits per heavy atom. The molecule has 0 N–H and O–H groups in total. The monoisotopic (exact) mass is 341 g/mol. The molecular weight excluding hydrogens is 318 g/mol. The molecule has 7 heteroatoms. The Morgan fingerprint density at radius 1 is 1.40 bits per heavy atom. The molecule has 1 aliphatic heterocycles. The van der Waals surface area contributed by atoms with Gasteiger partial charge in [-0.3, -0.25) is 4.79 Å². The normalized spacial score (nSPS) is 28.5. The minimum Gasteiger partial charge on any atom is -0.339 e. The zero-order valence-electron chi connectivity index (χ0n) is 14.5. The molecule has 1 amide bonds. The van der Waals surface area contributed by atoms with E-state index >= 15 is 0 Å². The lowest BCUT2D eigenvalue weighted by Crippen LogP contribution is -2.35. The zero-order valence-corrected chi connectivity index (χ0v) is 14.5. The van der Waals surface area contributed by atoms with Gasteiger partial charge in [-0.25, -0.2) is 4.98 Å². The quantitative estimate of drug-likeness (QED) is 0.849. The smallest absolute Gasteiger partial charge is 0.272 e. The molecule has 2 aliphatic carbocycles. The highest BCUT2D eigenvalue weighted by Gasteiger charge is 2.55. The Morgan fingerprint density at radius 2 is 2.28 bits per heavy atom. The van der Waals surface area contributed by atoms with Crippen LogP contribution >= 0.6 is 0 Å². The summed E-state index contributed by atoms with van der Waals surface area (Å²) >= 11 is 0. The van der Waals surface area contributed by atoms with E-state index < -0.39 is 0 Å². The summed E-state index contributed by atoms with van der Waals surface area (Å²) in [4.78, 5) is 23.7. The van der Waals surface area contributed by atoms with E-state index in [4.69, 9.17) is 9.51 Å². The van der Waals surface area contributed by atoms with Crippen molar-refractivity contribution in [2.45, 2.75) is 43.9 Å². The highest BCUT2D eigenvalue weighted by atomic mass is 16.5. The molecule has 0 radical (unpaired) electrons. The Labute approximate surface area is 146 Å². The second kappa shape index (κ2) is 5.41. The number of hydrogen-bond acceptors (Lipinski definition) is 5. The molecule has 0 unspecified atom stereocenters. The molecule has 3 fully saturated rings. The average Bonchev–Trinajstić information content (AvgIpc) is 2.99. The van der Waals surface area contributed by atoms with Crippen LogP contribution in [0.25, 0.3) is 0 Å². The van der Waals surface area contributed by atoms with Crippen molar-refractivity contribution >= 4 is 5.91 Å². The summed E-state index contributed by atoms with van der Waals surface area (Å²) in [5.74, 6) is 2.80. The Bertz CT molecular complexity index is 808. The molecule has 1 saturated heterocycles. The summed E-state index contributed by atoms with van der Waals surface area (Å²) in [5.41, 5.74) is 0.485. The average molecular weight is 341 g/mol. The lowest BCUT2D eigenvalue weighted by atomic mass is 9.80. The molecule has 7 nitrogen and oxygen atoms in total. The van der Waals surface area contributed by atoms with Crippen molar-refractivity contribution in [2.24, 2.45) is 18.9 Å². The van der Waals surface area contributed by atoms with Crippen molar-refractivity contribution in [3.63, 3.8) is 0 Å². The summed E-state index contributed by atoms with van der Waals surface area (Å²) < 4.78 is 7.49. The fourth-order valence-corrected chi connectivity index (χ4v) is 4.64. The fourth-order valence-electron chi connectivity index (χ4n) is 4.64. The van der Waals surface area contributed by atoms with Gasteiger partial charge in [0, 0.05) is 26.6 Å². The van der Waals surface area contributed by atoms with Crippen LogP contribution in [0.4, 0.5) is 0 Å². The highest BCUT2D eigenvalue weighted by Crippen LogP contribution is 2.50. The van der Waals surface area contributed by atoms with Gasteiger partial charge >= 0.3 is 0 Å². The first-order valence-corrected chi connectivity index (χ1v) is 9.24. The first-order valence-electron chi connectivity index (χ1n) is 9.24. The molecular formula is C18H23N5O2. The van der Waals surface area contributed by atoms with E-state index in [1.807, 2.05) is 11.9 Å². The standard InChI is InChI=1S/C18H23N5O2/c1-22-11-19-8-14(22)16(24)23-9-13-3-2-6-18(13,10-23)17-20-15(21-25-17)7-12-4-5-12/h8,11-13H,2-7,9-10H2,1H3/t13-,18-/m1/s1. The molecule has 2 aromatic rings. The molecule has 5 rings (SSSR count). The van der Waals surface area contributed by atoms with Gasteiger partial charge in [0.2, 0.25) is 5.89 Å². The van der Waals surface area contributed by atoms with Crippen LogP contribution < -0.4 is 0 Å². The van der Waals surface area contributed by atoms with E-state index in [0.717, 1.165) is 43.4 Å². The summed E-state index contributed by atoms with van der Waals surface area (Å²) in [5, 5.41) is 4.23. The van der Waals surface area contributed by atoms with Crippen LogP contribution in [0, 0.1) is 11.8 Å². The summed E-state index contributed by atoms with van der Waals surface area (Å²) in [6.07, 6.45) is 10.1. The van der Waals surface area contributed by atoms with Crippen LogP contribution in [0.15, 0.2) is 17.0 Å². The molecule has 3 aliphatic rings. The predicted octanol–water partition coefficient (Wildman–Crippen LogP) is 1.95. The van der Waals surface area contributed by atoms with Crippen molar-refractivity contribution in [3.05, 3.63) is 29.9 Å². The molecule has 132 valence electrons. The third-order valence-electron chi connectivity index (χ3n) is 6.26. The maximum Gasteiger partial charge on any atom is 0.272 e. The molecule has 2 atom stereocenters. The van der Waals surface area contributed by atoms with E-state index in [-0.39, 0.29) is 11.3 Å². The van der Waals surface area contributed by atoms with Crippen LogP contribution in [0.3, 0.4) is 0 Å². The van der Waals surface area contributed by atoms with E-state index in [0.29, 0.717) is 18.2 Å². The number of hydrogen-bond donors (Lipinski definition) is 0. The second-order valence-electron chi connectivity index (χ2n) is 7.98. The number of fused-ring (bicyclic) bond motifs is 1. The number of rotatable bonds is 4. The topological polar surface area (TPSA) is 77.1 Å². The van der Waals surface area contributed by atoms with Gasteiger partial charge in [-0.2, -0.15) is 4.98 Å². The van der Waals surface area contributed by atoms with Crippen LogP contribution in [0.1, 0.15) is 54.3 Å². The van der Waals surface area contributed by atoms with Crippen molar-refractivity contribution in [2.75, 3.05) is 13.1 Å². The summed E-state index contributed by atoms with van der Waals surface area (Å²) in [7, 11) is 1.86. The number of nitrogens with zero attached hydrogens (tertiary/aromatic N) is 5. The lowest BCUT2D eigenvalue weighted by Gasteiger charge is -2.24. The molecule has 25 heavy (non-hydrogen) atoms. The van der Waals surface area contributed by atoms with Gasteiger partial charge in [0.05, 0.1) is 17.9 Å². The van der Waals surface area contributed by atoms with E-state index in [9.17, 15) is 4.79 Å². The minimum atomic E-state index is -0.150. The Balaban J connectivity index is 1.41. The maximum atomic E-state index is 12.9. The predicted molar refractivity (Wildman–Crippen MR) is 88.9 cm³/mol. The van der Waals surface area contributed by atoms with E-state index in [2.05, 4.69) is 10.1 Å². The van der Waals surface area contributed by atoms with Crippen LogP contribution in [0.2, 0.25) is 0 Å². The lowest BCUT2D eigenvalue weighted by molar-refractivity contribution is 0.0765. The molecule has 2 saturated carbocycles. The fraction of sp³-hybridized carbons (Fsp3) is 0.667.